The molecule has 1 aliphatic heterocycles. The van der Waals surface area contributed by atoms with Gasteiger partial charge in [0.1, 0.15) is 12.4 Å². The maximum Gasteiger partial charge on any atom is 0.119 e. The molecule has 19 heavy (non-hydrogen) atoms. The van der Waals surface area contributed by atoms with Gasteiger partial charge in [-0.25, -0.2) is 0 Å². The zero-order valence-corrected chi connectivity index (χ0v) is 12.4. The van der Waals surface area contributed by atoms with E-state index in [0.29, 0.717) is 5.41 Å². The van der Waals surface area contributed by atoms with Gasteiger partial charge in [-0.2, -0.15) is 0 Å². The highest BCUT2D eigenvalue weighted by atomic mass is 16.5. The average Bonchev–Trinajstić information content (AvgIpc) is 2.78. The number of likely N-dealkylation sites (N-methyl/N-ethyl adjacent to an activating group) is 1. The molecule has 1 atom stereocenters. The van der Waals surface area contributed by atoms with Crippen molar-refractivity contribution >= 4 is 0 Å². The predicted molar refractivity (Wildman–Crippen MR) is 79.8 cm³/mol. The third-order valence-corrected chi connectivity index (χ3v) is 3.87. The molecule has 3 nitrogen and oxygen atoms in total. The van der Waals surface area contributed by atoms with Crippen molar-refractivity contribution in [1.29, 1.82) is 0 Å². The van der Waals surface area contributed by atoms with Crippen molar-refractivity contribution < 1.29 is 4.74 Å². The molecule has 1 aromatic rings. The first-order valence-electron chi connectivity index (χ1n) is 7.16. The molecule has 106 valence electrons. The fraction of sp³-hybridized carbons (Fsp3) is 0.625. The number of rotatable bonds is 6. The monoisotopic (exact) mass is 262 g/mol. The topological polar surface area (TPSA) is 24.5 Å². The first-order valence-corrected chi connectivity index (χ1v) is 7.16. The Balaban J connectivity index is 1.69. The molecule has 1 N–H and O–H groups in total. The molecule has 3 heteroatoms. The van der Waals surface area contributed by atoms with Crippen LogP contribution in [0.2, 0.25) is 0 Å². The summed E-state index contributed by atoms with van der Waals surface area (Å²) >= 11 is 0. The molecule has 1 aliphatic rings. The van der Waals surface area contributed by atoms with E-state index >= 15 is 0 Å². The van der Waals surface area contributed by atoms with Gasteiger partial charge >= 0.3 is 0 Å². The minimum atomic E-state index is 0.429. The van der Waals surface area contributed by atoms with E-state index in [1.165, 1.54) is 12.0 Å². The van der Waals surface area contributed by atoms with Crippen LogP contribution in [0.15, 0.2) is 24.3 Å². The minimum Gasteiger partial charge on any atom is -0.492 e. The van der Waals surface area contributed by atoms with E-state index in [4.69, 9.17) is 4.74 Å². The van der Waals surface area contributed by atoms with Crippen molar-refractivity contribution in [2.24, 2.45) is 5.41 Å². The van der Waals surface area contributed by atoms with Crippen LogP contribution >= 0.6 is 0 Å². The van der Waals surface area contributed by atoms with Crippen LogP contribution in [0.3, 0.4) is 0 Å². The number of aryl methyl sites for hydroxylation is 1. The summed E-state index contributed by atoms with van der Waals surface area (Å²) in [7, 11) is 2.18. The molecule has 1 saturated heterocycles. The van der Waals surface area contributed by atoms with Gasteiger partial charge < -0.3 is 15.0 Å². The van der Waals surface area contributed by atoms with E-state index in [1.807, 2.05) is 12.1 Å². The molecule has 2 rings (SSSR count). The van der Waals surface area contributed by atoms with Gasteiger partial charge in [0.05, 0.1) is 0 Å². The summed E-state index contributed by atoms with van der Waals surface area (Å²) < 4.78 is 5.77. The number of benzene rings is 1. The second-order valence-corrected chi connectivity index (χ2v) is 6.14. The van der Waals surface area contributed by atoms with Crippen LogP contribution in [-0.4, -0.2) is 44.7 Å². The molecule has 0 amide bonds. The van der Waals surface area contributed by atoms with E-state index < -0.39 is 0 Å². The molecule has 1 unspecified atom stereocenters. The Bertz CT molecular complexity index is 382. The largest absolute Gasteiger partial charge is 0.492 e. The second-order valence-electron chi connectivity index (χ2n) is 6.14. The molecule has 0 aliphatic carbocycles. The quantitative estimate of drug-likeness (QED) is 0.851. The standard InChI is InChI=1S/C16H26N2O/c1-14-4-6-15(7-5-14)19-11-10-18(3)13-16(2)8-9-17-12-16/h4-7,17H,8-13H2,1-3H3. The maximum atomic E-state index is 5.77. The second kappa shape index (κ2) is 6.40. The van der Waals surface area contributed by atoms with Gasteiger partial charge in [0.2, 0.25) is 0 Å². The minimum absolute atomic E-state index is 0.429. The van der Waals surface area contributed by atoms with Gasteiger partial charge in [-0.05, 0) is 44.5 Å². The Labute approximate surface area is 116 Å². The van der Waals surface area contributed by atoms with E-state index in [2.05, 4.69) is 43.2 Å². The normalized spacial score (nSPS) is 22.9. The lowest BCUT2D eigenvalue weighted by atomic mass is 9.89. The maximum absolute atomic E-state index is 5.77. The molecule has 0 bridgehead atoms. The molecule has 1 aromatic carbocycles. The van der Waals surface area contributed by atoms with Crippen LogP contribution in [0.1, 0.15) is 18.9 Å². The lowest BCUT2D eigenvalue weighted by Gasteiger charge is -2.29. The predicted octanol–water partition coefficient (Wildman–Crippen LogP) is 2.31. The SMILES string of the molecule is Cc1ccc(OCCN(C)CC2(C)CCNC2)cc1. The molecule has 0 aromatic heterocycles. The van der Waals surface area contributed by atoms with Crippen molar-refractivity contribution in [2.45, 2.75) is 20.3 Å². The van der Waals surface area contributed by atoms with Gasteiger partial charge in [-0.3, -0.25) is 0 Å². The van der Waals surface area contributed by atoms with Gasteiger partial charge in [-0.1, -0.05) is 24.6 Å². The van der Waals surface area contributed by atoms with Crippen LogP contribution in [0.25, 0.3) is 0 Å². The molecular weight excluding hydrogens is 236 g/mol. The average molecular weight is 262 g/mol. The highest BCUT2D eigenvalue weighted by molar-refractivity contribution is 5.26. The summed E-state index contributed by atoms with van der Waals surface area (Å²) in [5.41, 5.74) is 1.70. The molecule has 1 heterocycles. The summed E-state index contributed by atoms with van der Waals surface area (Å²) in [6.07, 6.45) is 1.27. The first kappa shape index (κ1) is 14.4. The summed E-state index contributed by atoms with van der Waals surface area (Å²) in [5, 5.41) is 3.45. The van der Waals surface area contributed by atoms with Gasteiger partial charge in [-0.15, -0.1) is 0 Å². The smallest absolute Gasteiger partial charge is 0.119 e. The van der Waals surface area contributed by atoms with Crippen LogP contribution in [0.4, 0.5) is 0 Å². The number of nitrogens with zero attached hydrogens (tertiary/aromatic N) is 1. The van der Waals surface area contributed by atoms with Crippen molar-refractivity contribution in [3.05, 3.63) is 29.8 Å². The van der Waals surface area contributed by atoms with E-state index in [1.54, 1.807) is 0 Å². The van der Waals surface area contributed by atoms with Gasteiger partial charge in [0.15, 0.2) is 0 Å². The lowest BCUT2D eigenvalue weighted by molar-refractivity contribution is 0.177. The Morgan fingerprint density at radius 1 is 1.32 bits per heavy atom. The third kappa shape index (κ3) is 4.51. The Morgan fingerprint density at radius 3 is 2.68 bits per heavy atom. The zero-order chi connectivity index (χ0) is 13.7. The van der Waals surface area contributed by atoms with Crippen LogP contribution in [0, 0.1) is 12.3 Å². The Hall–Kier alpha value is -1.06. The Kier molecular flexibility index (Phi) is 4.83. The number of ether oxygens (including phenoxy) is 1. The van der Waals surface area contributed by atoms with Crippen LogP contribution in [-0.2, 0) is 0 Å². The van der Waals surface area contributed by atoms with E-state index in [-0.39, 0.29) is 0 Å². The zero-order valence-electron chi connectivity index (χ0n) is 12.4. The van der Waals surface area contributed by atoms with Crippen molar-refractivity contribution in [3.63, 3.8) is 0 Å². The number of hydrogen-bond donors (Lipinski definition) is 1. The van der Waals surface area contributed by atoms with Gasteiger partial charge in [0, 0.05) is 19.6 Å². The Morgan fingerprint density at radius 2 is 2.05 bits per heavy atom. The number of nitrogens with one attached hydrogen (secondary N) is 1. The summed E-state index contributed by atoms with van der Waals surface area (Å²) in [6.45, 7) is 9.61. The molecule has 1 fully saturated rings. The highest BCUT2D eigenvalue weighted by Gasteiger charge is 2.29. The van der Waals surface area contributed by atoms with Crippen molar-refractivity contribution in [3.8, 4) is 5.75 Å². The fourth-order valence-corrected chi connectivity index (χ4v) is 2.69. The van der Waals surface area contributed by atoms with Crippen LogP contribution < -0.4 is 10.1 Å². The fourth-order valence-electron chi connectivity index (χ4n) is 2.69. The molecule has 0 saturated carbocycles. The molecule has 0 radical (unpaired) electrons. The third-order valence-electron chi connectivity index (χ3n) is 3.87. The summed E-state index contributed by atoms with van der Waals surface area (Å²) in [4.78, 5) is 2.38. The van der Waals surface area contributed by atoms with Crippen LogP contribution in [0.5, 0.6) is 5.75 Å². The lowest BCUT2D eigenvalue weighted by Crippen LogP contribution is -2.37. The molecular formula is C16H26N2O. The highest BCUT2D eigenvalue weighted by Crippen LogP contribution is 2.25. The van der Waals surface area contributed by atoms with E-state index in [9.17, 15) is 0 Å². The first-order chi connectivity index (χ1) is 9.07. The summed E-state index contributed by atoms with van der Waals surface area (Å²) in [6, 6.07) is 8.25. The molecule has 0 spiro atoms. The van der Waals surface area contributed by atoms with Gasteiger partial charge in [0.25, 0.3) is 0 Å². The number of hydrogen-bond acceptors (Lipinski definition) is 3. The van der Waals surface area contributed by atoms with Crippen molar-refractivity contribution in [1.82, 2.24) is 10.2 Å². The summed E-state index contributed by atoms with van der Waals surface area (Å²) in [5.74, 6) is 0.966. The van der Waals surface area contributed by atoms with Crippen molar-refractivity contribution in [2.75, 3.05) is 39.8 Å². The van der Waals surface area contributed by atoms with E-state index in [0.717, 1.165) is 38.5 Å².